The zero-order valence-corrected chi connectivity index (χ0v) is 29.8. The molecule has 3 aromatic carbocycles. The first kappa shape index (κ1) is 35.9. The second-order valence-corrected chi connectivity index (χ2v) is 14.2. The molecule has 0 aliphatic carbocycles. The van der Waals surface area contributed by atoms with Crippen molar-refractivity contribution in [3.05, 3.63) is 77.4 Å². The number of nitriles is 1. The molecule has 0 aromatic heterocycles. The van der Waals surface area contributed by atoms with Crippen molar-refractivity contribution in [1.29, 1.82) is 5.26 Å². The molecule has 1 unspecified atom stereocenters. The topological polar surface area (TPSA) is 151 Å². The summed E-state index contributed by atoms with van der Waals surface area (Å²) in [6.07, 6.45) is 0.304. The quantitative estimate of drug-likeness (QED) is 0.280. The predicted molar refractivity (Wildman–Crippen MR) is 185 cm³/mol. The zero-order valence-electron chi connectivity index (χ0n) is 29.0. The normalized spacial score (nSPS) is 20.4. The number of nitrogens with zero attached hydrogens (tertiary/aromatic N) is 5. The summed E-state index contributed by atoms with van der Waals surface area (Å²) in [5.41, 5.74) is -2.46. The largest absolute Gasteiger partial charge is 0.529 e. The van der Waals surface area contributed by atoms with E-state index in [1.165, 1.54) is 61.7 Å². The first-order chi connectivity index (χ1) is 24.6. The number of sulfonamides is 1. The Labute approximate surface area is 297 Å². The van der Waals surface area contributed by atoms with Crippen LogP contribution < -0.4 is 18.5 Å². The maximum Gasteiger partial charge on any atom is 0.529 e. The van der Waals surface area contributed by atoms with Gasteiger partial charge in [0.2, 0.25) is 0 Å². The highest BCUT2D eigenvalue weighted by Crippen LogP contribution is 2.52. The van der Waals surface area contributed by atoms with Gasteiger partial charge in [-0.2, -0.15) is 9.57 Å². The summed E-state index contributed by atoms with van der Waals surface area (Å²) in [6, 6.07) is 16.9. The number of carbonyl (C=O) groups excluding carboxylic acids is 2. The number of anilines is 1. The van der Waals surface area contributed by atoms with E-state index < -0.39 is 27.7 Å². The molecule has 15 heteroatoms. The number of hydroxylamine groups is 2. The number of rotatable bonds is 10. The molecule has 3 heterocycles. The molecular formula is C36H41N5O9S. The number of amides is 1. The van der Waals surface area contributed by atoms with Gasteiger partial charge in [-0.15, -0.1) is 5.06 Å². The van der Waals surface area contributed by atoms with Gasteiger partial charge in [-0.1, -0.05) is 18.2 Å². The fourth-order valence-electron chi connectivity index (χ4n) is 6.94. The van der Waals surface area contributed by atoms with Crippen LogP contribution >= 0.6 is 0 Å². The molecule has 3 aliphatic rings. The van der Waals surface area contributed by atoms with Crippen LogP contribution in [0.5, 0.6) is 17.2 Å². The summed E-state index contributed by atoms with van der Waals surface area (Å²) >= 11 is 0. The number of carbonyl (C=O) groups is 2. The Balaban J connectivity index is 1.40. The van der Waals surface area contributed by atoms with Crippen LogP contribution in [0.4, 0.5) is 10.5 Å². The molecule has 14 nitrogen and oxygen atoms in total. The minimum absolute atomic E-state index is 0.0540. The Bertz CT molecular complexity index is 1940. The van der Waals surface area contributed by atoms with Gasteiger partial charge in [0.25, 0.3) is 21.5 Å². The summed E-state index contributed by atoms with van der Waals surface area (Å²) in [5, 5.41) is 11.4. The summed E-state index contributed by atoms with van der Waals surface area (Å²) < 4.78 is 52.3. The predicted octanol–water partition coefficient (Wildman–Crippen LogP) is 3.73. The van der Waals surface area contributed by atoms with Crippen molar-refractivity contribution in [2.45, 2.75) is 36.3 Å². The number of para-hydroxylation sites is 1. The van der Waals surface area contributed by atoms with Crippen LogP contribution in [0.2, 0.25) is 0 Å². The van der Waals surface area contributed by atoms with Crippen LogP contribution in [-0.2, 0) is 30.0 Å². The lowest BCUT2D eigenvalue weighted by Gasteiger charge is -2.41. The highest BCUT2D eigenvalue weighted by molar-refractivity contribution is 7.93. The zero-order chi connectivity index (χ0) is 36.3. The highest BCUT2D eigenvalue weighted by Gasteiger charge is 2.61. The molecule has 2 fully saturated rings. The smallest absolute Gasteiger partial charge is 0.497 e. The lowest BCUT2D eigenvalue weighted by atomic mass is 9.85. The second-order valence-electron chi connectivity index (χ2n) is 12.5. The van der Waals surface area contributed by atoms with Crippen molar-refractivity contribution in [1.82, 2.24) is 14.9 Å². The minimum Gasteiger partial charge on any atom is -0.497 e. The lowest BCUT2D eigenvalue weighted by molar-refractivity contribution is -0.165. The van der Waals surface area contributed by atoms with E-state index in [-0.39, 0.29) is 45.4 Å². The third-order valence-corrected chi connectivity index (χ3v) is 11.3. The lowest BCUT2D eigenvalue weighted by Crippen LogP contribution is -2.52. The second kappa shape index (κ2) is 14.8. The minimum atomic E-state index is -4.75. The molecule has 1 amide bonds. The van der Waals surface area contributed by atoms with Gasteiger partial charge in [0.05, 0.1) is 43.7 Å². The van der Waals surface area contributed by atoms with Gasteiger partial charge in [0.1, 0.15) is 22.1 Å². The monoisotopic (exact) mass is 719 g/mol. The maximum absolute atomic E-state index is 15.0. The average Bonchev–Trinajstić information content (AvgIpc) is 3.39. The maximum atomic E-state index is 15.0. The van der Waals surface area contributed by atoms with Gasteiger partial charge >= 0.3 is 6.16 Å². The van der Waals surface area contributed by atoms with Crippen molar-refractivity contribution in [3.63, 3.8) is 0 Å². The number of hydrogen-bond acceptors (Lipinski definition) is 13. The van der Waals surface area contributed by atoms with Crippen molar-refractivity contribution in [3.8, 4) is 23.3 Å². The SMILES string of the molecule is CCOc1ccccc1C1(OC(=O)ON2CCC(N3CCN(C)CC3)CC2)C(=O)N(S(=O)(=O)c2ccc(OC)cc2OC)c2ccc(C#N)cc21. The molecule has 270 valence electrons. The molecule has 0 saturated carbocycles. The van der Waals surface area contributed by atoms with E-state index in [1.54, 1.807) is 25.1 Å². The number of methoxy groups -OCH3 is 2. The molecule has 3 aromatic rings. The number of piperidine rings is 1. The summed E-state index contributed by atoms with van der Waals surface area (Å²) in [4.78, 5) is 39.1. The Morgan fingerprint density at radius 1 is 0.922 bits per heavy atom. The van der Waals surface area contributed by atoms with Crippen molar-refractivity contribution >= 4 is 27.8 Å². The van der Waals surface area contributed by atoms with E-state index in [0.717, 1.165) is 39.0 Å². The molecule has 51 heavy (non-hydrogen) atoms. The van der Waals surface area contributed by atoms with Gasteiger partial charge in [0, 0.05) is 56.9 Å². The Morgan fingerprint density at radius 3 is 2.31 bits per heavy atom. The number of piperazine rings is 1. The van der Waals surface area contributed by atoms with E-state index in [2.05, 4.69) is 16.8 Å². The third-order valence-electron chi connectivity index (χ3n) is 9.58. The standard InChI is InChI=1S/C36H41N5O9S/c1-5-48-31-9-7-6-8-28(31)36(49-35(43)50-40-16-14-26(15-17-40)39-20-18-38(2)19-21-39)29-22-25(24-37)10-12-30(29)41(34(36)42)51(44,45)33-13-11-27(46-3)23-32(33)47-4/h6-13,22-23,26H,5,14-21H2,1-4H3. The van der Waals surface area contributed by atoms with Gasteiger partial charge in [0.15, 0.2) is 0 Å². The fourth-order valence-corrected chi connectivity index (χ4v) is 8.54. The average molecular weight is 720 g/mol. The van der Waals surface area contributed by atoms with Crippen LogP contribution in [0, 0.1) is 11.3 Å². The van der Waals surface area contributed by atoms with Crippen LogP contribution in [-0.4, -0.2) is 109 Å². The molecular weight excluding hydrogens is 678 g/mol. The molecule has 6 rings (SSSR count). The molecule has 0 N–H and O–H groups in total. The first-order valence-electron chi connectivity index (χ1n) is 16.7. The van der Waals surface area contributed by atoms with E-state index in [9.17, 15) is 18.5 Å². The summed E-state index contributed by atoms with van der Waals surface area (Å²) in [5.74, 6) is -0.715. The number of fused-ring (bicyclic) bond motifs is 1. The number of likely N-dealkylation sites (N-methyl/N-ethyl adjacent to an activating group) is 1. The molecule has 0 spiro atoms. The van der Waals surface area contributed by atoms with Crippen LogP contribution in [0.25, 0.3) is 0 Å². The molecule has 2 saturated heterocycles. The van der Waals surface area contributed by atoms with Crippen molar-refractivity contribution in [2.75, 3.05) is 71.4 Å². The molecule has 0 radical (unpaired) electrons. The van der Waals surface area contributed by atoms with Crippen molar-refractivity contribution < 1.29 is 41.8 Å². The fraction of sp³-hybridized carbons (Fsp3) is 0.417. The molecule has 1 atom stereocenters. The van der Waals surface area contributed by atoms with E-state index in [4.69, 9.17) is 23.8 Å². The van der Waals surface area contributed by atoms with E-state index in [0.29, 0.717) is 29.2 Å². The van der Waals surface area contributed by atoms with Crippen molar-refractivity contribution in [2.24, 2.45) is 0 Å². The van der Waals surface area contributed by atoms with Crippen LogP contribution in [0.3, 0.4) is 0 Å². The number of hydrogen-bond donors (Lipinski definition) is 0. The summed E-state index contributed by atoms with van der Waals surface area (Å²) in [7, 11) is 0.0795. The van der Waals surface area contributed by atoms with Crippen LogP contribution in [0.1, 0.15) is 36.5 Å². The van der Waals surface area contributed by atoms with Gasteiger partial charge in [-0.3, -0.25) is 9.69 Å². The Morgan fingerprint density at radius 2 is 1.65 bits per heavy atom. The Kier molecular flexibility index (Phi) is 10.4. The van der Waals surface area contributed by atoms with E-state index in [1.807, 2.05) is 6.07 Å². The third kappa shape index (κ3) is 6.67. The van der Waals surface area contributed by atoms with E-state index >= 15 is 4.79 Å². The first-order valence-corrected chi connectivity index (χ1v) is 18.2. The number of benzene rings is 3. The Hall–Kier alpha value is -4.88. The number of ether oxygens (including phenoxy) is 4. The highest BCUT2D eigenvalue weighted by atomic mass is 32.2. The van der Waals surface area contributed by atoms with Gasteiger partial charge < -0.3 is 28.7 Å². The van der Waals surface area contributed by atoms with Gasteiger partial charge in [-0.25, -0.2) is 13.2 Å². The summed E-state index contributed by atoms with van der Waals surface area (Å²) in [6.45, 7) is 6.74. The van der Waals surface area contributed by atoms with Crippen LogP contribution in [0.15, 0.2) is 65.6 Å². The van der Waals surface area contributed by atoms with Gasteiger partial charge in [-0.05, 0) is 63.2 Å². The molecule has 0 bridgehead atoms. The molecule has 3 aliphatic heterocycles.